The summed E-state index contributed by atoms with van der Waals surface area (Å²) >= 11 is 0. The quantitative estimate of drug-likeness (QED) is 0.596. The Labute approximate surface area is 78.9 Å². The van der Waals surface area contributed by atoms with E-state index >= 15 is 0 Å². The minimum absolute atomic E-state index is 0.448. The zero-order valence-corrected chi connectivity index (χ0v) is 8.55. The molecule has 0 saturated carbocycles. The molecule has 13 heavy (non-hydrogen) atoms. The largest absolute Gasteiger partial charge is 0.316 e. The summed E-state index contributed by atoms with van der Waals surface area (Å²) in [6, 6.07) is 0. The molecular weight excluding hydrogens is 162 g/mol. The molecule has 0 spiro atoms. The van der Waals surface area contributed by atoms with Gasteiger partial charge in [-0.15, -0.1) is 0 Å². The fraction of sp³-hybridized carbons (Fsp3) is 0.500. The average Bonchev–Trinajstić information content (AvgIpc) is 2.27. The Balaban J connectivity index is 3.02. The maximum absolute atomic E-state index is 5.75. The molecule has 0 radical (unpaired) electrons. The molecule has 0 saturated heterocycles. The van der Waals surface area contributed by atoms with Crippen LogP contribution >= 0.6 is 0 Å². The summed E-state index contributed by atoms with van der Waals surface area (Å²) in [5.41, 5.74) is 7.31. The highest BCUT2D eigenvalue weighted by Gasteiger charge is 2.05. The molecule has 1 rings (SSSR count). The Morgan fingerprint density at radius 2 is 2.15 bits per heavy atom. The molecule has 2 N–H and O–H groups in total. The van der Waals surface area contributed by atoms with Gasteiger partial charge < -0.3 is 5.73 Å². The predicted molar refractivity (Wildman–Crippen MR) is 53.1 cm³/mol. The van der Waals surface area contributed by atoms with Gasteiger partial charge in [0.2, 0.25) is 0 Å². The highest BCUT2D eigenvalue weighted by atomic mass is 15.3. The smallest absolute Gasteiger partial charge is 0.113 e. The van der Waals surface area contributed by atoms with Crippen LogP contribution in [0.3, 0.4) is 0 Å². The van der Waals surface area contributed by atoms with Gasteiger partial charge in [0.25, 0.3) is 0 Å². The molecular formula is C10H15N3. The average molecular weight is 177 g/mol. The molecule has 0 aliphatic heterocycles. The molecule has 0 unspecified atom stereocenters. The van der Waals surface area contributed by atoms with E-state index in [1.54, 1.807) is 10.9 Å². The van der Waals surface area contributed by atoms with Crippen LogP contribution in [0.4, 0.5) is 0 Å². The molecule has 0 bridgehead atoms. The van der Waals surface area contributed by atoms with Crippen molar-refractivity contribution in [2.75, 3.05) is 0 Å². The first kappa shape index (κ1) is 9.82. The molecule has 0 amide bonds. The maximum Gasteiger partial charge on any atom is 0.113 e. The Hall–Kier alpha value is -1.27. The minimum Gasteiger partial charge on any atom is -0.316 e. The van der Waals surface area contributed by atoms with Crippen molar-refractivity contribution in [2.45, 2.75) is 26.3 Å². The van der Waals surface area contributed by atoms with Crippen molar-refractivity contribution in [1.29, 1.82) is 0 Å². The minimum atomic E-state index is -0.448. The molecule has 0 fully saturated rings. The van der Waals surface area contributed by atoms with Crippen LogP contribution in [0.2, 0.25) is 0 Å². The van der Waals surface area contributed by atoms with Gasteiger partial charge in [0, 0.05) is 12.6 Å². The van der Waals surface area contributed by atoms with Gasteiger partial charge in [0.1, 0.15) is 5.69 Å². The molecule has 70 valence electrons. The van der Waals surface area contributed by atoms with Crippen LogP contribution in [-0.2, 0) is 7.05 Å². The van der Waals surface area contributed by atoms with E-state index in [4.69, 9.17) is 5.73 Å². The standard InChI is InChI=1S/C10H15N3/c1-8-7-12-13(4)9(8)5-6-10(2,3)11/h7H,11H2,1-4H3. The Morgan fingerprint density at radius 1 is 1.54 bits per heavy atom. The van der Waals surface area contributed by atoms with Gasteiger partial charge >= 0.3 is 0 Å². The molecule has 1 heterocycles. The van der Waals surface area contributed by atoms with E-state index in [9.17, 15) is 0 Å². The van der Waals surface area contributed by atoms with Gasteiger partial charge in [0.05, 0.1) is 11.7 Å². The Morgan fingerprint density at radius 3 is 2.54 bits per heavy atom. The molecule has 0 aliphatic rings. The lowest BCUT2D eigenvalue weighted by molar-refractivity contribution is 0.679. The maximum atomic E-state index is 5.75. The van der Waals surface area contributed by atoms with E-state index in [1.807, 2.05) is 27.8 Å². The second-order valence-corrected chi connectivity index (χ2v) is 3.77. The molecule has 0 aliphatic carbocycles. The van der Waals surface area contributed by atoms with Crippen LogP contribution in [0.15, 0.2) is 6.20 Å². The lowest BCUT2D eigenvalue weighted by Gasteiger charge is -2.07. The number of hydrogen-bond donors (Lipinski definition) is 1. The second-order valence-electron chi connectivity index (χ2n) is 3.77. The van der Waals surface area contributed by atoms with E-state index in [1.165, 1.54) is 0 Å². The second kappa shape index (κ2) is 3.23. The van der Waals surface area contributed by atoms with Crippen molar-refractivity contribution in [3.8, 4) is 11.8 Å². The van der Waals surface area contributed by atoms with Crippen molar-refractivity contribution < 1.29 is 0 Å². The van der Waals surface area contributed by atoms with Crippen molar-refractivity contribution in [3.63, 3.8) is 0 Å². The number of hydrogen-bond acceptors (Lipinski definition) is 2. The zero-order chi connectivity index (χ0) is 10.1. The summed E-state index contributed by atoms with van der Waals surface area (Å²) in [7, 11) is 1.88. The summed E-state index contributed by atoms with van der Waals surface area (Å²) in [4.78, 5) is 0. The van der Waals surface area contributed by atoms with E-state index in [0.717, 1.165) is 11.3 Å². The fourth-order valence-electron chi connectivity index (χ4n) is 0.947. The van der Waals surface area contributed by atoms with E-state index in [0.29, 0.717) is 0 Å². The highest BCUT2D eigenvalue weighted by molar-refractivity contribution is 5.36. The van der Waals surface area contributed by atoms with Gasteiger partial charge in [-0.05, 0) is 26.7 Å². The SMILES string of the molecule is Cc1cnn(C)c1C#CC(C)(C)N. The molecule has 0 atom stereocenters. The van der Waals surface area contributed by atoms with Gasteiger partial charge in [-0.3, -0.25) is 4.68 Å². The summed E-state index contributed by atoms with van der Waals surface area (Å²) in [5, 5.41) is 4.09. The first-order valence-electron chi connectivity index (χ1n) is 4.21. The van der Waals surface area contributed by atoms with Gasteiger partial charge in [-0.2, -0.15) is 5.10 Å². The third-order valence-electron chi connectivity index (χ3n) is 1.62. The molecule has 1 aromatic rings. The molecule has 3 nitrogen and oxygen atoms in total. The van der Waals surface area contributed by atoms with Crippen LogP contribution in [-0.4, -0.2) is 15.3 Å². The van der Waals surface area contributed by atoms with Crippen molar-refractivity contribution >= 4 is 0 Å². The van der Waals surface area contributed by atoms with E-state index in [-0.39, 0.29) is 0 Å². The van der Waals surface area contributed by atoms with Crippen molar-refractivity contribution in [3.05, 3.63) is 17.5 Å². The topological polar surface area (TPSA) is 43.8 Å². The first-order chi connectivity index (χ1) is 5.90. The fourth-order valence-corrected chi connectivity index (χ4v) is 0.947. The summed E-state index contributed by atoms with van der Waals surface area (Å²) < 4.78 is 1.76. The van der Waals surface area contributed by atoms with E-state index < -0.39 is 5.54 Å². The van der Waals surface area contributed by atoms with Gasteiger partial charge in [-0.1, -0.05) is 5.92 Å². The third kappa shape index (κ3) is 2.60. The molecule has 1 aromatic heterocycles. The van der Waals surface area contributed by atoms with Crippen LogP contribution < -0.4 is 5.73 Å². The highest BCUT2D eigenvalue weighted by Crippen LogP contribution is 2.03. The normalized spacial score (nSPS) is 10.8. The Bertz CT molecular complexity index is 338. The van der Waals surface area contributed by atoms with Crippen molar-refractivity contribution in [1.82, 2.24) is 9.78 Å². The van der Waals surface area contributed by atoms with Crippen LogP contribution in [0, 0.1) is 18.8 Å². The first-order valence-corrected chi connectivity index (χ1v) is 4.21. The third-order valence-corrected chi connectivity index (χ3v) is 1.62. The van der Waals surface area contributed by atoms with Crippen molar-refractivity contribution in [2.24, 2.45) is 12.8 Å². The number of nitrogens with zero attached hydrogens (tertiary/aromatic N) is 2. The summed E-state index contributed by atoms with van der Waals surface area (Å²) in [6.07, 6.45) is 1.80. The van der Waals surface area contributed by atoms with Gasteiger partial charge in [-0.25, -0.2) is 0 Å². The van der Waals surface area contributed by atoms with Gasteiger partial charge in [0.15, 0.2) is 0 Å². The monoisotopic (exact) mass is 177 g/mol. The van der Waals surface area contributed by atoms with Crippen LogP contribution in [0.5, 0.6) is 0 Å². The lowest BCUT2D eigenvalue weighted by atomic mass is 10.1. The molecule has 3 heteroatoms. The Kier molecular flexibility index (Phi) is 2.44. The zero-order valence-electron chi connectivity index (χ0n) is 8.55. The van der Waals surface area contributed by atoms with Crippen LogP contribution in [0.1, 0.15) is 25.1 Å². The summed E-state index contributed by atoms with van der Waals surface area (Å²) in [5.74, 6) is 6.00. The number of aromatic nitrogens is 2. The molecule has 0 aromatic carbocycles. The number of nitrogens with two attached hydrogens (primary N) is 1. The lowest BCUT2D eigenvalue weighted by Crippen LogP contribution is -2.29. The van der Waals surface area contributed by atoms with E-state index in [2.05, 4.69) is 16.9 Å². The predicted octanol–water partition coefficient (Wildman–Crippen LogP) is 0.817. The summed E-state index contributed by atoms with van der Waals surface area (Å²) in [6.45, 7) is 5.75. The number of rotatable bonds is 0. The van der Waals surface area contributed by atoms with Crippen LogP contribution in [0.25, 0.3) is 0 Å². The number of aryl methyl sites for hydroxylation is 2.